The van der Waals surface area contributed by atoms with E-state index < -0.39 is 0 Å². The van der Waals surface area contributed by atoms with Crippen molar-refractivity contribution in [2.75, 3.05) is 0 Å². The van der Waals surface area contributed by atoms with E-state index >= 15 is 0 Å². The van der Waals surface area contributed by atoms with Gasteiger partial charge in [-0.1, -0.05) is 466 Å². The van der Waals surface area contributed by atoms with Crippen LogP contribution in [-0.2, 0) is 19.9 Å². The van der Waals surface area contributed by atoms with Gasteiger partial charge in [-0.2, -0.15) is 0 Å². The maximum Gasteiger partial charge on any atom is 0.0488 e. The summed E-state index contributed by atoms with van der Waals surface area (Å²) in [4.78, 5) is 0. The van der Waals surface area contributed by atoms with Crippen molar-refractivity contribution in [3.63, 3.8) is 0 Å². The van der Waals surface area contributed by atoms with Crippen LogP contribution in [0.5, 0.6) is 0 Å². The van der Waals surface area contributed by atoms with E-state index in [4.69, 9.17) is 0 Å². The van der Waals surface area contributed by atoms with Crippen LogP contribution in [0.25, 0.3) is 87.1 Å². The maximum atomic E-state index is 2.29. The second-order valence-electron chi connectivity index (χ2n) is 24.5. The van der Waals surface area contributed by atoms with Crippen molar-refractivity contribution >= 4 is 64.9 Å². The van der Waals surface area contributed by atoms with Gasteiger partial charge in [0.05, 0.1) is 0 Å². The third kappa shape index (κ3) is 28.0. The van der Waals surface area contributed by atoms with Crippen molar-refractivity contribution in [1.29, 1.82) is 0 Å². The van der Waals surface area contributed by atoms with E-state index in [9.17, 15) is 0 Å². The largest absolute Gasteiger partial charge is 0.344 e. The van der Waals surface area contributed by atoms with Crippen molar-refractivity contribution in [1.82, 2.24) is 4.57 Å². The third-order valence-electron chi connectivity index (χ3n) is 17.5. The van der Waals surface area contributed by atoms with Crippen LogP contribution in [0.2, 0.25) is 0 Å². The fourth-order valence-corrected chi connectivity index (χ4v) is 12.5. The van der Waals surface area contributed by atoms with Gasteiger partial charge >= 0.3 is 0 Å². The zero-order valence-corrected chi connectivity index (χ0v) is 71.1. The molecule has 1 heterocycles. The molecule has 0 saturated heterocycles. The van der Waals surface area contributed by atoms with Gasteiger partial charge in [0.2, 0.25) is 0 Å². The van der Waals surface area contributed by atoms with Gasteiger partial charge in [0.25, 0.3) is 0 Å². The molecule has 1 heteroatoms. The van der Waals surface area contributed by atoms with Gasteiger partial charge in [0.15, 0.2) is 0 Å². The van der Waals surface area contributed by atoms with Crippen LogP contribution in [0.4, 0.5) is 0 Å². The summed E-state index contributed by atoms with van der Waals surface area (Å²) in [5.41, 5.74) is 23.6. The van der Waals surface area contributed by atoms with Gasteiger partial charge in [-0.25, -0.2) is 0 Å². The summed E-state index contributed by atoms with van der Waals surface area (Å²) in [6.07, 6.45) is 2.21. The molecular weight excluding hydrogens is 1310 g/mol. The number of para-hydroxylation sites is 2. The molecule has 0 spiro atoms. The summed E-state index contributed by atoms with van der Waals surface area (Å²) in [5, 5.41) is 13.3. The van der Waals surface area contributed by atoms with Crippen molar-refractivity contribution in [3.05, 3.63) is 395 Å². The maximum absolute atomic E-state index is 2.29. The molecule has 15 aromatic carbocycles. The van der Waals surface area contributed by atoms with E-state index in [1.807, 2.05) is 147 Å². The standard InChI is InChI=1S/C15H12.2C14H12.C13H11N.2C11H10.2C7H8.8C2H6/c1-11-6-7-13-9-8-12-4-2-3-5-14(12)15(13)10-11;1-10-5-4-8-13-12-7-3-2-6-11(12)9-14(10)13;1-10-6-7-12-9-11-4-2-3-5-13(11)14(12)8-10;1-14-12-8-4-2-6-10(12)11-7-3-5-9-13(11)14;2*1-9-6-7-10-4-2-3-5-11(10)8-9;2*1-7-5-3-2-4-6-7;8*1-2/h2-10H,1H3;2*2-8H,9H2,1H3;2-9H,1H3;2*2-8H,1H3;2*2-6H,1H3;8*1-2H3. The number of hydrogen-bond donors (Lipinski definition) is 0. The topological polar surface area (TPSA) is 4.93 Å². The minimum atomic E-state index is 1.10. The molecule has 0 amide bonds. The molecule has 1 aromatic heterocycles. The van der Waals surface area contributed by atoms with E-state index in [-0.39, 0.29) is 0 Å². The average Bonchev–Trinajstić information content (AvgIpc) is 1.61. The van der Waals surface area contributed by atoms with Gasteiger partial charge < -0.3 is 4.57 Å². The Labute approximate surface area is 661 Å². The van der Waals surface area contributed by atoms with Gasteiger partial charge in [-0.3, -0.25) is 0 Å². The van der Waals surface area contributed by atoms with Crippen LogP contribution in [0.1, 0.15) is 172 Å². The zero-order valence-electron chi connectivity index (χ0n) is 71.1. The predicted molar refractivity (Wildman–Crippen MR) is 496 cm³/mol. The van der Waals surface area contributed by atoms with Crippen molar-refractivity contribution in [2.24, 2.45) is 7.05 Å². The first-order chi connectivity index (χ1) is 53.4. The van der Waals surface area contributed by atoms with Crippen molar-refractivity contribution in [3.8, 4) is 22.3 Å². The first-order valence-electron chi connectivity index (χ1n) is 40.5. The van der Waals surface area contributed by atoms with Gasteiger partial charge in [0.1, 0.15) is 0 Å². The predicted octanol–water partition coefficient (Wildman–Crippen LogP) is 33.3. The molecule has 18 rings (SSSR count). The monoisotopic (exact) mass is 1440 g/mol. The van der Waals surface area contributed by atoms with Gasteiger partial charge in [-0.15, -0.1) is 0 Å². The number of hydrogen-bond acceptors (Lipinski definition) is 0. The lowest BCUT2D eigenvalue weighted by Gasteiger charge is -2.04. The van der Waals surface area contributed by atoms with Crippen LogP contribution in [0.3, 0.4) is 0 Å². The second-order valence-corrected chi connectivity index (χ2v) is 24.5. The summed E-state index contributed by atoms with van der Waals surface area (Å²) in [7, 11) is 2.12. The Hall–Kier alpha value is -10.9. The lowest BCUT2D eigenvalue weighted by molar-refractivity contribution is 1.01. The molecule has 2 aliphatic carbocycles. The quantitative estimate of drug-likeness (QED) is 0.133. The number of benzene rings is 15. The van der Waals surface area contributed by atoms with Crippen molar-refractivity contribution in [2.45, 2.75) is 172 Å². The molecule has 0 unspecified atom stereocenters. The Morgan fingerprint density at radius 1 is 0.193 bits per heavy atom. The van der Waals surface area contributed by atoms with E-state index in [2.05, 4.69) is 357 Å². The summed E-state index contributed by atoms with van der Waals surface area (Å²) in [6, 6.07) is 118. The molecule has 109 heavy (non-hydrogen) atoms. The van der Waals surface area contributed by atoms with E-state index in [1.165, 1.54) is 148 Å². The molecule has 0 saturated carbocycles. The number of fused-ring (bicyclic) bond motifs is 14. The molecule has 0 fully saturated rings. The number of aromatic nitrogens is 1. The highest BCUT2D eigenvalue weighted by atomic mass is 14.9. The zero-order chi connectivity index (χ0) is 80.5. The lowest BCUT2D eigenvalue weighted by Crippen LogP contribution is -1.84. The first-order valence-corrected chi connectivity index (χ1v) is 40.5. The molecule has 568 valence electrons. The van der Waals surface area contributed by atoms with Gasteiger partial charge in [0, 0.05) is 28.9 Å². The molecule has 16 aromatic rings. The van der Waals surface area contributed by atoms with E-state index in [0.29, 0.717) is 0 Å². The Bertz CT molecular complexity index is 4950. The molecular formula is C108H131N. The van der Waals surface area contributed by atoms with Crippen LogP contribution in [-0.4, -0.2) is 4.57 Å². The molecule has 2 aliphatic rings. The minimum absolute atomic E-state index is 1.10. The number of nitrogens with zero attached hydrogens (tertiary/aromatic N) is 1. The average molecular weight is 1440 g/mol. The van der Waals surface area contributed by atoms with Crippen LogP contribution in [0.15, 0.2) is 334 Å². The molecule has 0 bridgehead atoms. The summed E-state index contributed by atoms with van der Waals surface area (Å²) in [5.74, 6) is 0. The minimum Gasteiger partial charge on any atom is -0.344 e. The van der Waals surface area contributed by atoms with Crippen LogP contribution >= 0.6 is 0 Å². The fourth-order valence-electron chi connectivity index (χ4n) is 12.5. The van der Waals surface area contributed by atoms with Crippen LogP contribution < -0.4 is 0 Å². The molecule has 1 nitrogen and oxygen atoms in total. The third-order valence-corrected chi connectivity index (χ3v) is 17.5. The van der Waals surface area contributed by atoms with Crippen molar-refractivity contribution < 1.29 is 0 Å². The van der Waals surface area contributed by atoms with E-state index in [1.54, 1.807) is 0 Å². The SMILES string of the molecule is CC.CC.CC.CC.CC.CC.CC.CC.Cc1ccc2c(c1)-c1ccccc1C2.Cc1ccc2ccc3ccccc3c2c1.Cc1ccc2ccccc2c1.Cc1ccc2ccccc2c1.Cc1cccc2c1Cc1ccccc1-2.Cc1ccccc1.Cc1ccccc1.Cn1c2ccccc2c2ccccc21. The first kappa shape index (κ1) is 92.3. The highest BCUT2D eigenvalue weighted by Crippen LogP contribution is 2.39. The highest BCUT2D eigenvalue weighted by molar-refractivity contribution is 6.08. The number of rotatable bonds is 0. The molecule has 0 N–H and O–H groups in total. The molecule has 0 atom stereocenters. The highest BCUT2D eigenvalue weighted by Gasteiger charge is 2.19. The Morgan fingerprint density at radius 3 is 0.963 bits per heavy atom. The summed E-state index contributed by atoms with van der Waals surface area (Å²) in [6.45, 7) is 46.9. The smallest absolute Gasteiger partial charge is 0.0488 e. The Morgan fingerprint density at radius 2 is 0.505 bits per heavy atom. The Kier molecular flexibility index (Phi) is 44.9. The lowest BCUT2D eigenvalue weighted by atomic mass is 10.0. The molecule has 0 aliphatic heterocycles. The second kappa shape index (κ2) is 53.0. The Balaban J connectivity index is 0.000000317. The number of aryl methyl sites for hydroxylation is 8. The van der Waals surface area contributed by atoms with Crippen LogP contribution in [0, 0.1) is 48.5 Å². The molecule has 0 radical (unpaired) electrons. The van der Waals surface area contributed by atoms with E-state index in [0.717, 1.165) is 12.8 Å². The summed E-state index contributed by atoms with van der Waals surface area (Å²) >= 11 is 0. The normalized spacial score (nSPS) is 9.76. The summed E-state index contributed by atoms with van der Waals surface area (Å²) < 4.78 is 2.24. The fraction of sp³-hybridized carbons (Fsp3) is 0.241. The van der Waals surface area contributed by atoms with Gasteiger partial charge in [-0.05, 0) is 167 Å².